The van der Waals surface area contributed by atoms with Crippen molar-refractivity contribution in [3.63, 3.8) is 0 Å². The summed E-state index contributed by atoms with van der Waals surface area (Å²) in [6.45, 7) is 11.6. The fourth-order valence-corrected chi connectivity index (χ4v) is 2.52. The Labute approximate surface area is 135 Å². The lowest BCUT2D eigenvalue weighted by molar-refractivity contribution is -0.121. The Morgan fingerprint density at radius 1 is 1.18 bits per heavy atom. The fourth-order valence-electron chi connectivity index (χ4n) is 2.52. The van der Waals surface area contributed by atoms with Gasteiger partial charge in [-0.2, -0.15) is 0 Å². The van der Waals surface area contributed by atoms with Crippen molar-refractivity contribution >= 4 is 11.9 Å². The zero-order chi connectivity index (χ0) is 16.2. The summed E-state index contributed by atoms with van der Waals surface area (Å²) in [6, 6.07) is 0.193. The zero-order valence-corrected chi connectivity index (χ0v) is 14.5. The predicted molar refractivity (Wildman–Crippen MR) is 92.2 cm³/mol. The molecule has 1 rings (SSSR count). The second-order valence-corrected chi connectivity index (χ2v) is 6.06. The number of likely N-dealkylation sites (tertiary alicyclic amines) is 1. The van der Waals surface area contributed by atoms with Gasteiger partial charge in [0.15, 0.2) is 5.96 Å². The summed E-state index contributed by atoms with van der Waals surface area (Å²) in [5.41, 5.74) is 0. The molecule has 0 spiro atoms. The van der Waals surface area contributed by atoms with Gasteiger partial charge < -0.3 is 20.9 Å². The van der Waals surface area contributed by atoms with E-state index >= 15 is 0 Å². The van der Waals surface area contributed by atoms with E-state index in [0.717, 1.165) is 25.6 Å². The van der Waals surface area contributed by atoms with Gasteiger partial charge in [-0.3, -0.25) is 9.79 Å². The van der Waals surface area contributed by atoms with Crippen LogP contribution in [0.5, 0.6) is 0 Å². The molecule has 0 atom stereocenters. The third kappa shape index (κ3) is 8.87. The van der Waals surface area contributed by atoms with Crippen LogP contribution in [-0.2, 0) is 4.79 Å². The maximum Gasteiger partial charge on any atom is 0.221 e. The first-order valence-corrected chi connectivity index (χ1v) is 8.65. The van der Waals surface area contributed by atoms with E-state index in [1.54, 1.807) is 0 Å². The molecular formula is C16H33N5O. The van der Waals surface area contributed by atoms with Crippen LogP contribution in [0.4, 0.5) is 0 Å². The Balaban J connectivity index is 2.24. The molecule has 22 heavy (non-hydrogen) atoms. The van der Waals surface area contributed by atoms with Gasteiger partial charge in [0.05, 0.1) is 6.54 Å². The maximum absolute atomic E-state index is 11.6. The van der Waals surface area contributed by atoms with Crippen molar-refractivity contribution in [2.24, 2.45) is 4.99 Å². The van der Waals surface area contributed by atoms with E-state index in [9.17, 15) is 4.79 Å². The van der Waals surface area contributed by atoms with Crippen LogP contribution in [-0.4, -0.2) is 62.1 Å². The molecule has 0 radical (unpaired) electrons. The predicted octanol–water partition coefficient (Wildman–Crippen LogP) is 0.942. The number of carbonyl (C=O) groups is 1. The molecule has 0 aromatic carbocycles. The Kier molecular flexibility index (Phi) is 9.62. The third-order valence-electron chi connectivity index (χ3n) is 3.57. The number of piperidine rings is 1. The molecule has 1 amide bonds. The van der Waals surface area contributed by atoms with Crippen molar-refractivity contribution in [2.45, 2.75) is 52.5 Å². The van der Waals surface area contributed by atoms with E-state index in [4.69, 9.17) is 0 Å². The van der Waals surface area contributed by atoms with Crippen LogP contribution >= 0.6 is 0 Å². The Hall–Kier alpha value is -1.30. The molecule has 1 aliphatic rings. The fraction of sp³-hybridized carbons (Fsp3) is 0.875. The lowest BCUT2D eigenvalue weighted by atomic mass is 10.1. The summed E-state index contributed by atoms with van der Waals surface area (Å²) in [6.07, 6.45) is 4.46. The molecule has 0 aromatic rings. The van der Waals surface area contributed by atoms with Crippen LogP contribution in [0.25, 0.3) is 0 Å². The van der Waals surface area contributed by atoms with Crippen molar-refractivity contribution in [1.82, 2.24) is 20.9 Å². The molecule has 0 saturated carbocycles. The molecule has 0 aliphatic carbocycles. The molecule has 0 bridgehead atoms. The van der Waals surface area contributed by atoms with Crippen LogP contribution in [0, 0.1) is 0 Å². The van der Waals surface area contributed by atoms with Crippen molar-refractivity contribution in [1.29, 1.82) is 0 Å². The highest BCUT2D eigenvalue weighted by Crippen LogP contribution is 2.07. The number of aliphatic imine (C=N–C) groups is 1. The highest BCUT2D eigenvalue weighted by molar-refractivity contribution is 5.81. The molecule has 1 heterocycles. The molecule has 0 aromatic heterocycles. The smallest absolute Gasteiger partial charge is 0.221 e. The zero-order valence-electron chi connectivity index (χ0n) is 14.5. The van der Waals surface area contributed by atoms with E-state index in [1.807, 2.05) is 20.8 Å². The van der Waals surface area contributed by atoms with Crippen LogP contribution < -0.4 is 16.0 Å². The van der Waals surface area contributed by atoms with Crippen LogP contribution in [0.3, 0.4) is 0 Å². The molecule has 3 N–H and O–H groups in total. The summed E-state index contributed by atoms with van der Waals surface area (Å²) in [5.74, 6) is 0.878. The highest BCUT2D eigenvalue weighted by Gasteiger charge is 2.09. The van der Waals surface area contributed by atoms with E-state index < -0.39 is 0 Å². The molecule has 1 saturated heterocycles. The monoisotopic (exact) mass is 311 g/mol. The third-order valence-corrected chi connectivity index (χ3v) is 3.57. The van der Waals surface area contributed by atoms with E-state index in [-0.39, 0.29) is 11.9 Å². The van der Waals surface area contributed by atoms with Crippen molar-refractivity contribution < 1.29 is 4.79 Å². The molecule has 1 fully saturated rings. The van der Waals surface area contributed by atoms with Gasteiger partial charge in [0.1, 0.15) is 0 Å². The molecule has 6 heteroatoms. The second kappa shape index (κ2) is 11.3. The van der Waals surface area contributed by atoms with Crippen LogP contribution in [0.2, 0.25) is 0 Å². The SMILES string of the molecule is CCNC(=NCCN1CCCCC1)NCCC(=O)NC(C)C. The summed E-state index contributed by atoms with van der Waals surface area (Å²) in [4.78, 5) is 18.7. The van der Waals surface area contributed by atoms with Crippen molar-refractivity contribution in [3.8, 4) is 0 Å². The number of hydrogen-bond donors (Lipinski definition) is 3. The van der Waals surface area contributed by atoms with Gasteiger partial charge in [-0.25, -0.2) is 0 Å². The van der Waals surface area contributed by atoms with Gasteiger partial charge in [0.25, 0.3) is 0 Å². The minimum Gasteiger partial charge on any atom is -0.357 e. The Morgan fingerprint density at radius 2 is 1.91 bits per heavy atom. The van der Waals surface area contributed by atoms with E-state index in [1.165, 1.54) is 32.4 Å². The highest BCUT2D eigenvalue weighted by atomic mass is 16.1. The molecule has 0 unspecified atom stereocenters. The van der Waals surface area contributed by atoms with Gasteiger partial charge in [0, 0.05) is 32.1 Å². The Bertz CT molecular complexity index is 337. The number of hydrogen-bond acceptors (Lipinski definition) is 3. The average molecular weight is 311 g/mol. The molecule has 6 nitrogen and oxygen atoms in total. The minimum absolute atomic E-state index is 0.0756. The first-order valence-electron chi connectivity index (χ1n) is 8.65. The number of nitrogens with one attached hydrogen (secondary N) is 3. The number of carbonyl (C=O) groups excluding carboxylic acids is 1. The van der Waals surface area contributed by atoms with Gasteiger partial charge in [0.2, 0.25) is 5.91 Å². The first-order chi connectivity index (χ1) is 10.6. The van der Waals surface area contributed by atoms with Crippen molar-refractivity contribution in [2.75, 3.05) is 39.3 Å². The quantitative estimate of drug-likeness (QED) is 0.461. The van der Waals surface area contributed by atoms with Gasteiger partial charge in [-0.15, -0.1) is 0 Å². The summed E-state index contributed by atoms with van der Waals surface area (Å²) in [7, 11) is 0. The summed E-state index contributed by atoms with van der Waals surface area (Å²) < 4.78 is 0. The summed E-state index contributed by atoms with van der Waals surface area (Å²) >= 11 is 0. The minimum atomic E-state index is 0.0756. The largest absolute Gasteiger partial charge is 0.357 e. The first kappa shape index (κ1) is 18.7. The normalized spacial score (nSPS) is 16.6. The van der Waals surface area contributed by atoms with Gasteiger partial charge >= 0.3 is 0 Å². The summed E-state index contributed by atoms with van der Waals surface area (Å²) in [5, 5.41) is 9.33. The van der Waals surface area contributed by atoms with E-state index in [2.05, 4.69) is 25.8 Å². The number of rotatable bonds is 8. The number of guanidine groups is 1. The topological polar surface area (TPSA) is 68.8 Å². The van der Waals surface area contributed by atoms with Crippen molar-refractivity contribution in [3.05, 3.63) is 0 Å². The average Bonchev–Trinajstić information content (AvgIpc) is 2.47. The molecule has 1 aliphatic heterocycles. The van der Waals surface area contributed by atoms with Crippen LogP contribution in [0.1, 0.15) is 46.5 Å². The van der Waals surface area contributed by atoms with Crippen LogP contribution in [0.15, 0.2) is 4.99 Å². The second-order valence-electron chi connectivity index (χ2n) is 6.06. The molecular weight excluding hydrogens is 278 g/mol. The Morgan fingerprint density at radius 3 is 2.55 bits per heavy atom. The standard InChI is InChI=1S/C16H33N5O/c1-4-17-16(18-9-8-15(22)20-14(2)3)19-10-13-21-11-6-5-7-12-21/h14H,4-13H2,1-3H3,(H,20,22)(H2,17,18,19). The van der Waals surface area contributed by atoms with Gasteiger partial charge in [-0.05, 0) is 46.7 Å². The van der Waals surface area contributed by atoms with Gasteiger partial charge in [-0.1, -0.05) is 6.42 Å². The molecule has 128 valence electrons. The number of amides is 1. The van der Waals surface area contributed by atoms with E-state index in [0.29, 0.717) is 13.0 Å². The lowest BCUT2D eigenvalue weighted by Gasteiger charge is -2.25. The number of nitrogens with zero attached hydrogens (tertiary/aromatic N) is 2. The maximum atomic E-state index is 11.6. The lowest BCUT2D eigenvalue weighted by Crippen LogP contribution is -2.40.